The third kappa shape index (κ3) is 8.99. The van der Waals surface area contributed by atoms with E-state index in [0.717, 1.165) is 11.8 Å². The summed E-state index contributed by atoms with van der Waals surface area (Å²) in [7, 11) is 0. The molecule has 0 spiro atoms. The zero-order valence-corrected chi connectivity index (χ0v) is 12.4. The van der Waals surface area contributed by atoms with Gasteiger partial charge in [-0.25, -0.2) is 9.59 Å². The van der Waals surface area contributed by atoms with E-state index in [1.165, 1.54) is 0 Å². The molecule has 0 heterocycles. The number of carbonyl (C=O) groups is 2. The average Bonchev–Trinajstić information content (AvgIpc) is 2.46. The van der Waals surface area contributed by atoms with Crippen molar-refractivity contribution < 1.29 is 19.1 Å². The minimum Gasteiger partial charge on any atom is -0.457 e. The van der Waals surface area contributed by atoms with Crippen LogP contribution in [0.3, 0.4) is 0 Å². The Kier molecular flexibility index (Phi) is 8.93. The summed E-state index contributed by atoms with van der Waals surface area (Å²) in [5.74, 6) is -0.774. The smallest absolute Gasteiger partial charge is 0.337 e. The Morgan fingerprint density at radius 3 is 1.95 bits per heavy atom. The first-order chi connectivity index (χ1) is 9.88. The lowest BCUT2D eigenvalue weighted by molar-refractivity contribution is -0.140. The molecule has 112 valence electrons. The van der Waals surface area contributed by atoms with Crippen molar-refractivity contribution in [3.8, 4) is 0 Å². The lowest BCUT2D eigenvalue weighted by Gasteiger charge is -2.03. The fraction of sp³-hybridized carbons (Fsp3) is 0.176. The summed E-state index contributed by atoms with van der Waals surface area (Å²) >= 11 is 0. The van der Waals surface area contributed by atoms with Crippen molar-refractivity contribution in [2.75, 3.05) is 0 Å². The summed E-state index contributed by atoms with van der Waals surface area (Å²) in [5, 5.41) is 0. The van der Waals surface area contributed by atoms with Gasteiger partial charge < -0.3 is 9.47 Å². The molecule has 0 aromatic heterocycles. The number of hydrogen-bond donors (Lipinski definition) is 0. The van der Waals surface area contributed by atoms with E-state index in [4.69, 9.17) is 4.74 Å². The van der Waals surface area contributed by atoms with Gasteiger partial charge in [-0.05, 0) is 19.4 Å². The monoisotopic (exact) mass is 288 g/mol. The predicted molar refractivity (Wildman–Crippen MR) is 82.2 cm³/mol. The highest BCUT2D eigenvalue weighted by atomic mass is 16.5. The van der Waals surface area contributed by atoms with E-state index in [0.29, 0.717) is 17.8 Å². The minimum atomic E-state index is -0.431. The Morgan fingerprint density at radius 2 is 1.57 bits per heavy atom. The Balaban J connectivity index is 0.000000433. The molecule has 0 atom stereocenters. The van der Waals surface area contributed by atoms with E-state index >= 15 is 0 Å². The van der Waals surface area contributed by atoms with Crippen LogP contribution in [0.5, 0.6) is 0 Å². The normalized spacial score (nSPS) is 8.67. The second kappa shape index (κ2) is 10.2. The molecule has 0 aliphatic heterocycles. The molecule has 0 aliphatic rings. The van der Waals surface area contributed by atoms with Crippen LogP contribution in [0.15, 0.2) is 67.5 Å². The van der Waals surface area contributed by atoms with Gasteiger partial charge >= 0.3 is 11.9 Å². The molecule has 4 nitrogen and oxygen atoms in total. The summed E-state index contributed by atoms with van der Waals surface area (Å²) in [6.45, 7) is 13.6. The quantitative estimate of drug-likeness (QED) is 0.472. The largest absolute Gasteiger partial charge is 0.457 e. The number of benzene rings is 1. The summed E-state index contributed by atoms with van der Waals surface area (Å²) < 4.78 is 9.28. The first kappa shape index (κ1) is 18.4. The van der Waals surface area contributed by atoms with Crippen LogP contribution in [-0.4, -0.2) is 11.9 Å². The van der Waals surface area contributed by atoms with E-state index in [9.17, 15) is 9.59 Å². The van der Waals surface area contributed by atoms with Crippen LogP contribution in [0.1, 0.15) is 19.4 Å². The minimum absolute atomic E-state index is 0.312. The van der Waals surface area contributed by atoms with E-state index in [1.807, 2.05) is 30.3 Å². The van der Waals surface area contributed by atoms with Crippen molar-refractivity contribution in [2.24, 2.45) is 0 Å². The van der Waals surface area contributed by atoms with Crippen molar-refractivity contribution in [1.82, 2.24) is 0 Å². The maximum Gasteiger partial charge on any atom is 0.337 e. The molecule has 0 N–H and O–H groups in total. The highest BCUT2D eigenvalue weighted by molar-refractivity contribution is 5.87. The molecule has 21 heavy (non-hydrogen) atoms. The first-order valence-corrected chi connectivity index (χ1v) is 6.22. The molecule has 0 amide bonds. The number of rotatable bonds is 5. The maximum absolute atomic E-state index is 11.0. The van der Waals surface area contributed by atoms with Crippen LogP contribution >= 0.6 is 0 Å². The number of esters is 2. The summed E-state index contributed by atoms with van der Waals surface area (Å²) in [6.07, 6.45) is 1.08. The molecule has 0 aliphatic carbocycles. The Hall–Kier alpha value is -2.62. The van der Waals surface area contributed by atoms with Crippen molar-refractivity contribution in [2.45, 2.75) is 20.5 Å². The highest BCUT2D eigenvalue weighted by Crippen LogP contribution is 2.02. The highest BCUT2D eigenvalue weighted by Gasteiger charge is 2.02. The summed E-state index contributed by atoms with van der Waals surface area (Å²) in [5.41, 5.74) is 1.79. The first-order valence-electron chi connectivity index (χ1n) is 6.22. The topological polar surface area (TPSA) is 52.6 Å². The van der Waals surface area contributed by atoms with Crippen LogP contribution in [0.2, 0.25) is 0 Å². The van der Waals surface area contributed by atoms with Crippen molar-refractivity contribution in [3.05, 3.63) is 73.0 Å². The fourth-order valence-corrected chi connectivity index (χ4v) is 1.02. The van der Waals surface area contributed by atoms with Crippen molar-refractivity contribution in [1.29, 1.82) is 0 Å². The average molecular weight is 288 g/mol. The molecule has 0 fully saturated rings. The molecule has 4 heteroatoms. The van der Waals surface area contributed by atoms with Gasteiger partial charge in [-0.2, -0.15) is 0 Å². The van der Waals surface area contributed by atoms with E-state index in [2.05, 4.69) is 24.5 Å². The van der Waals surface area contributed by atoms with Gasteiger partial charge in [0.1, 0.15) is 6.61 Å². The van der Waals surface area contributed by atoms with E-state index < -0.39 is 5.97 Å². The second-order valence-corrected chi connectivity index (χ2v) is 4.19. The van der Waals surface area contributed by atoms with Crippen molar-refractivity contribution in [3.63, 3.8) is 0 Å². The molecule has 1 rings (SSSR count). The lowest BCUT2D eigenvalue weighted by atomic mass is 10.2. The molecule has 0 saturated carbocycles. The molecule has 0 bridgehead atoms. The SMILES string of the molecule is C=C(C)C(=O)OCc1ccccc1.C=COC(=O)C(=C)C. The predicted octanol–water partition coefficient (Wildman–Crippen LogP) is 3.56. The Labute approximate surface area is 125 Å². The fourth-order valence-electron chi connectivity index (χ4n) is 1.02. The van der Waals surface area contributed by atoms with Crippen LogP contribution in [0.4, 0.5) is 0 Å². The van der Waals surface area contributed by atoms with E-state index in [1.54, 1.807) is 13.8 Å². The zero-order chi connectivity index (χ0) is 16.3. The van der Waals surface area contributed by atoms with Crippen LogP contribution in [0, 0.1) is 0 Å². The van der Waals surface area contributed by atoms with Gasteiger partial charge in [0.15, 0.2) is 0 Å². The molecular weight excluding hydrogens is 268 g/mol. The molecule has 1 aromatic rings. The van der Waals surface area contributed by atoms with Gasteiger partial charge in [0.2, 0.25) is 0 Å². The van der Waals surface area contributed by atoms with Crippen LogP contribution in [-0.2, 0) is 25.7 Å². The maximum atomic E-state index is 11.0. The van der Waals surface area contributed by atoms with Gasteiger partial charge in [-0.15, -0.1) is 0 Å². The number of carbonyl (C=O) groups excluding carboxylic acids is 2. The molecular formula is C17H20O4. The van der Waals surface area contributed by atoms with Gasteiger partial charge in [-0.1, -0.05) is 50.1 Å². The van der Waals surface area contributed by atoms with Crippen molar-refractivity contribution >= 4 is 11.9 Å². The summed E-state index contributed by atoms with van der Waals surface area (Å²) in [6, 6.07) is 9.55. The Morgan fingerprint density at radius 1 is 1.05 bits per heavy atom. The summed E-state index contributed by atoms with van der Waals surface area (Å²) in [4.78, 5) is 21.3. The van der Waals surface area contributed by atoms with Gasteiger partial charge in [0.05, 0.1) is 6.26 Å². The third-order valence-electron chi connectivity index (χ3n) is 2.10. The van der Waals surface area contributed by atoms with Crippen LogP contribution < -0.4 is 0 Å². The van der Waals surface area contributed by atoms with E-state index in [-0.39, 0.29) is 5.97 Å². The van der Waals surface area contributed by atoms with Gasteiger partial charge in [0, 0.05) is 11.1 Å². The molecule has 1 aromatic carbocycles. The molecule has 0 unspecified atom stereocenters. The Bertz CT molecular complexity index is 515. The zero-order valence-electron chi connectivity index (χ0n) is 12.4. The molecule has 0 saturated heterocycles. The standard InChI is InChI=1S/C11H12O2.C6H8O2/c1-9(2)11(12)13-8-10-6-4-3-5-7-10;1-4-8-6(7)5(2)3/h3-7H,1,8H2,2H3;4H,1-2H2,3H3. The number of ether oxygens (including phenoxy) is 2. The number of hydrogen-bond acceptors (Lipinski definition) is 4. The van der Waals surface area contributed by atoms with Gasteiger partial charge in [-0.3, -0.25) is 0 Å². The van der Waals surface area contributed by atoms with Crippen LogP contribution in [0.25, 0.3) is 0 Å². The van der Waals surface area contributed by atoms with Gasteiger partial charge in [0.25, 0.3) is 0 Å². The molecule has 0 radical (unpaired) electrons. The third-order valence-corrected chi connectivity index (χ3v) is 2.10. The second-order valence-electron chi connectivity index (χ2n) is 4.19. The lowest BCUT2D eigenvalue weighted by Crippen LogP contribution is -2.04.